The zero-order valence-electron chi connectivity index (χ0n) is 12.6. The first kappa shape index (κ1) is 17.7. The molecule has 0 spiro atoms. The molecule has 126 valence electrons. The highest BCUT2D eigenvalue weighted by atomic mass is 35.5. The molecule has 1 fully saturated rings. The second-order valence-electron chi connectivity index (χ2n) is 5.61. The number of rotatable bonds is 7. The Morgan fingerprint density at radius 2 is 2.09 bits per heavy atom. The van der Waals surface area contributed by atoms with Gasteiger partial charge in [0.05, 0.1) is 23.6 Å². The average molecular weight is 344 g/mol. The number of benzene rings is 1. The first-order valence-corrected chi connectivity index (χ1v) is 7.91. The number of aliphatic carboxylic acids is 1. The van der Waals surface area contributed by atoms with Crippen LogP contribution in [0.4, 0.5) is 4.39 Å². The highest BCUT2D eigenvalue weighted by molar-refractivity contribution is 6.30. The summed E-state index contributed by atoms with van der Waals surface area (Å²) in [6.45, 7) is -0.128. The van der Waals surface area contributed by atoms with Crippen molar-refractivity contribution in [2.24, 2.45) is 0 Å². The number of amides is 1. The van der Waals surface area contributed by atoms with Crippen LogP contribution in [-0.4, -0.2) is 29.7 Å². The van der Waals surface area contributed by atoms with Gasteiger partial charge in [-0.2, -0.15) is 0 Å². The summed E-state index contributed by atoms with van der Waals surface area (Å²) in [6, 6.07) is 3.13. The van der Waals surface area contributed by atoms with Gasteiger partial charge >= 0.3 is 5.97 Å². The molecule has 2 rings (SSSR count). The summed E-state index contributed by atoms with van der Waals surface area (Å²) in [4.78, 5) is 22.9. The van der Waals surface area contributed by atoms with E-state index in [0.717, 1.165) is 31.7 Å². The minimum absolute atomic E-state index is 0.0567. The highest BCUT2D eigenvalue weighted by Gasteiger charge is 2.21. The molecule has 23 heavy (non-hydrogen) atoms. The van der Waals surface area contributed by atoms with E-state index in [1.54, 1.807) is 0 Å². The lowest BCUT2D eigenvalue weighted by Crippen LogP contribution is -2.34. The van der Waals surface area contributed by atoms with Crippen LogP contribution < -0.4 is 5.32 Å². The third-order valence-electron chi connectivity index (χ3n) is 3.81. The molecule has 1 unspecified atom stereocenters. The summed E-state index contributed by atoms with van der Waals surface area (Å²) < 4.78 is 19.0. The predicted molar refractivity (Wildman–Crippen MR) is 82.8 cm³/mol. The van der Waals surface area contributed by atoms with Crippen molar-refractivity contribution in [3.05, 3.63) is 34.6 Å². The first-order valence-electron chi connectivity index (χ1n) is 7.53. The minimum Gasteiger partial charge on any atom is -0.481 e. The Bertz CT molecular complexity index is 575. The van der Waals surface area contributed by atoms with Crippen molar-refractivity contribution < 1.29 is 23.8 Å². The van der Waals surface area contributed by atoms with Gasteiger partial charge in [0.2, 0.25) is 5.91 Å². The topological polar surface area (TPSA) is 75.6 Å². The fraction of sp³-hybridized carbons (Fsp3) is 0.500. The Morgan fingerprint density at radius 1 is 1.39 bits per heavy atom. The average Bonchev–Trinajstić information content (AvgIpc) is 3.00. The maximum absolute atomic E-state index is 13.6. The zero-order valence-corrected chi connectivity index (χ0v) is 13.3. The summed E-state index contributed by atoms with van der Waals surface area (Å²) >= 11 is 5.62. The molecule has 5 nitrogen and oxygen atoms in total. The van der Waals surface area contributed by atoms with Gasteiger partial charge in [-0.15, -0.1) is 0 Å². The van der Waals surface area contributed by atoms with Crippen LogP contribution in [0.2, 0.25) is 5.02 Å². The quantitative estimate of drug-likeness (QED) is 0.797. The zero-order chi connectivity index (χ0) is 16.8. The first-order chi connectivity index (χ1) is 11.0. The molecule has 0 heterocycles. The van der Waals surface area contributed by atoms with Crippen LogP contribution >= 0.6 is 11.6 Å². The Labute approximate surface area is 138 Å². The van der Waals surface area contributed by atoms with Crippen LogP contribution in [0.3, 0.4) is 0 Å². The third-order valence-corrected chi connectivity index (χ3v) is 4.12. The van der Waals surface area contributed by atoms with Crippen molar-refractivity contribution in [2.75, 3.05) is 6.61 Å². The predicted octanol–water partition coefficient (Wildman–Crippen LogP) is 3.07. The number of carbonyl (C=O) groups excluding carboxylic acids is 1. The van der Waals surface area contributed by atoms with Crippen LogP contribution in [0.5, 0.6) is 0 Å². The number of hydrogen-bond acceptors (Lipinski definition) is 3. The summed E-state index contributed by atoms with van der Waals surface area (Å²) in [5.41, 5.74) is 0.350. The number of hydrogen-bond donors (Lipinski definition) is 2. The van der Waals surface area contributed by atoms with E-state index in [0.29, 0.717) is 5.56 Å². The summed E-state index contributed by atoms with van der Waals surface area (Å²) in [5, 5.41) is 11.5. The molecule has 0 radical (unpaired) electrons. The molecule has 0 aliphatic heterocycles. The molecule has 7 heteroatoms. The van der Waals surface area contributed by atoms with Gasteiger partial charge in [-0.1, -0.05) is 30.5 Å². The molecule has 0 aromatic heterocycles. The fourth-order valence-electron chi connectivity index (χ4n) is 2.64. The lowest BCUT2D eigenvalue weighted by Gasteiger charge is -2.19. The van der Waals surface area contributed by atoms with Gasteiger partial charge in [-0.05, 0) is 30.5 Å². The fourth-order valence-corrected chi connectivity index (χ4v) is 2.76. The number of halogens is 2. The van der Waals surface area contributed by atoms with Crippen molar-refractivity contribution in [1.29, 1.82) is 0 Å². The van der Waals surface area contributed by atoms with Crippen molar-refractivity contribution in [2.45, 2.75) is 44.2 Å². The van der Waals surface area contributed by atoms with E-state index in [9.17, 15) is 14.0 Å². The molecule has 1 aromatic carbocycles. The van der Waals surface area contributed by atoms with Gasteiger partial charge in [-0.3, -0.25) is 9.59 Å². The maximum Gasteiger partial charge on any atom is 0.305 e. The van der Waals surface area contributed by atoms with Crippen molar-refractivity contribution in [1.82, 2.24) is 5.32 Å². The van der Waals surface area contributed by atoms with Crippen LogP contribution in [0.25, 0.3) is 0 Å². The molecule has 2 N–H and O–H groups in total. The number of carboxylic acids is 1. The summed E-state index contributed by atoms with van der Waals surface area (Å²) in [5.74, 6) is -2.17. The summed E-state index contributed by atoms with van der Waals surface area (Å²) in [6.07, 6.45) is 3.81. The van der Waals surface area contributed by atoms with Gasteiger partial charge in [0.15, 0.2) is 0 Å². The van der Waals surface area contributed by atoms with Gasteiger partial charge in [-0.25, -0.2) is 4.39 Å². The van der Waals surface area contributed by atoms with E-state index in [-0.39, 0.29) is 24.2 Å². The molecular formula is C16H19ClFNO4. The smallest absolute Gasteiger partial charge is 0.305 e. The minimum atomic E-state index is -1.10. The van der Waals surface area contributed by atoms with E-state index in [4.69, 9.17) is 21.4 Å². The highest BCUT2D eigenvalue weighted by Crippen LogP contribution is 2.23. The molecule has 0 bridgehead atoms. The molecule has 1 saturated carbocycles. The van der Waals surface area contributed by atoms with Gasteiger partial charge < -0.3 is 15.2 Å². The third kappa shape index (κ3) is 5.48. The SMILES string of the molecule is O=C(O)CC(NC(=O)COC1CCCC1)c1ccc(Cl)c(F)c1. The van der Waals surface area contributed by atoms with Gasteiger partial charge in [0.25, 0.3) is 0 Å². The Morgan fingerprint density at radius 3 is 2.70 bits per heavy atom. The van der Waals surface area contributed by atoms with E-state index in [1.165, 1.54) is 12.1 Å². The monoisotopic (exact) mass is 343 g/mol. The molecule has 0 saturated heterocycles. The Kier molecular flexibility index (Phi) is 6.36. The second-order valence-corrected chi connectivity index (χ2v) is 6.02. The Balaban J connectivity index is 1.98. The lowest BCUT2D eigenvalue weighted by molar-refractivity contribution is -0.138. The standard InChI is InChI=1S/C16H19ClFNO4/c17-12-6-5-10(7-13(12)18)14(8-16(21)22)19-15(20)9-23-11-3-1-2-4-11/h5-7,11,14H,1-4,8-9H2,(H,19,20)(H,21,22). The van der Waals surface area contributed by atoms with Crippen LogP contribution in [-0.2, 0) is 14.3 Å². The van der Waals surface area contributed by atoms with E-state index < -0.39 is 23.7 Å². The largest absolute Gasteiger partial charge is 0.481 e. The molecule has 1 atom stereocenters. The molecule has 1 aliphatic carbocycles. The summed E-state index contributed by atoms with van der Waals surface area (Å²) in [7, 11) is 0. The van der Waals surface area contributed by atoms with E-state index in [2.05, 4.69) is 5.32 Å². The second kappa shape index (κ2) is 8.26. The Hall–Kier alpha value is -1.66. The van der Waals surface area contributed by atoms with Gasteiger partial charge in [0, 0.05) is 0 Å². The van der Waals surface area contributed by atoms with Crippen molar-refractivity contribution in [3.63, 3.8) is 0 Å². The number of carboxylic acid groups (broad SMARTS) is 1. The van der Waals surface area contributed by atoms with Gasteiger partial charge in [0.1, 0.15) is 12.4 Å². The van der Waals surface area contributed by atoms with Crippen molar-refractivity contribution in [3.8, 4) is 0 Å². The number of carbonyl (C=O) groups is 2. The molecule has 1 aliphatic rings. The number of ether oxygens (including phenoxy) is 1. The van der Waals surface area contributed by atoms with E-state index >= 15 is 0 Å². The molecule has 1 aromatic rings. The van der Waals surface area contributed by atoms with E-state index in [1.807, 2.05) is 0 Å². The maximum atomic E-state index is 13.6. The molecular weight excluding hydrogens is 325 g/mol. The molecule has 1 amide bonds. The van der Waals surface area contributed by atoms with Crippen LogP contribution in [0.15, 0.2) is 18.2 Å². The van der Waals surface area contributed by atoms with Crippen LogP contribution in [0.1, 0.15) is 43.7 Å². The lowest BCUT2D eigenvalue weighted by atomic mass is 10.0. The van der Waals surface area contributed by atoms with Crippen LogP contribution in [0, 0.1) is 5.82 Å². The number of nitrogens with one attached hydrogen (secondary N) is 1. The normalized spacial score (nSPS) is 16.3. The van der Waals surface area contributed by atoms with Crippen molar-refractivity contribution >= 4 is 23.5 Å².